The standard InChI is InChI=1S/C15H24N2O4S/c1-4-16(5-2)22(18,19)17(6-3)11-13-12-20-14-9-7-8-10-15(14)21-13/h7-10,13H,4-6,11-12H2,1-3H3/t13-/m0/s1. The number of fused-ring (bicyclic) bond motifs is 1. The molecule has 1 heterocycles. The molecule has 0 radical (unpaired) electrons. The predicted octanol–water partition coefficient (Wildman–Crippen LogP) is 1.73. The highest BCUT2D eigenvalue weighted by atomic mass is 32.2. The molecule has 0 spiro atoms. The lowest BCUT2D eigenvalue weighted by Gasteiger charge is -2.32. The van der Waals surface area contributed by atoms with Crippen LogP contribution in [0.4, 0.5) is 0 Å². The molecule has 2 rings (SSSR count). The van der Waals surface area contributed by atoms with E-state index in [1.807, 2.05) is 45.0 Å². The Morgan fingerprint density at radius 2 is 1.64 bits per heavy atom. The predicted molar refractivity (Wildman–Crippen MR) is 85.4 cm³/mol. The van der Waals surface area contributed by atoms with E-state index >= 15 is 0 Å². The molecule has 22 heavy (non-hydrogen) atoms. The van der Waals surface area contributed by atoms with Gasteiger partial charge in [0.2, 0.25) is 0 Å². The first-order valence-corrected chi connectivity index (χ1v) is 9.06. The average Bonchev–Trinajstić information content (AvgIpc) is 2.53. The van der Waals surface area contributed by atoms with Crippen molar-refractivity contribution in [2.75, 3.05) is 32.8 Å². The lowest BCUT2D eigenvalue weighted by molar-refractivity contribution is 0.0759. The molecule has 1 atom stereocenters. The summed E-state index contributed by atoms with van der Waals surface area (Å²) in [7, 11) is -3.46. The van der Waals surface area contributed by atoms with Gasteiger partial charge in [-0.2, -0.15) is 17.0 Å². The number of likely N-dealkylation sites (N-methyl/N-ethyl adjacent to an activating group) is 1. The van der Waals surface area contributed by atoms with Gasteiger partial charge in [-0.1, -0.05) is 32.9 Å². The molecule has 0 unspecified atom stereocenters. The fourth-order valence-corrected chi connectivity index (χ4v) is 4.14. The minimum Gasteiger partial charge on any atom is -0.486 e. The number of nitrogens with zero attached hydrogens (tertiary/aromatic N) is 2. The first kappa shape index (κ1) is 17.1. The molecule has 1 aliphatic heterocycles. The highest BCUT2D eigenvalue weighted by molar-refractivity contribution is 7.86. The van der Waals surface area contributed by atoms with Gasteiger partial charge in [-0.05, 0) is 12.1 Å². The minimum atomic E-state index is -3.46. The van der Waals surface area contributed by atoms with Crippen molar-refractivity contribution < 1.29 is 17.9 Å². The highest BCUT2D eigenvalue weighted by Crippen LogP contribution is 2.31. The Balaban J connectivity index is 2.09. The van der Waals surface area contributed by atoms with Crippen LogP contribution in [0.25, 0.3) is 0 Å². The minimum absolute atomic E-state index is 0.281. The first-order chi connectivity index (χ1) is 10.5. The van der Waals surface area contributed by atoms with E-state index in [4.69, 9.17) is 9.47 Å². The first-order valence-electron chi connectivity index (χ1n) is 7.66. The second-order valence-corrected chi connectivity index (χ2v) is 6.97. The van der Waals surface area contributed by atoms with Crippen LogP contribution in [-0.2, 0) is 10.2 Å². The van der Waals surface area contributed by atoms with E-state index in [1.54, 1.807) is 0 Å². The molecule has 1 aromatic carbocycles. The van der Waals surface area contributed by atoms with Gasteiger partial charge in [0.1, 0.15) is 12.7 Å². The topological polar surface area (TPSA) is 59.1 Å². The van der Waals surface area contributed by atoms with Crippen molar-refractivity contribution in [3.63, 3.8) is 0 Å². The zero-order valence-corrected chi connectivity index (χ0v) is 14.2. The van der Waals surface area contributed by atoms with Crippen LogP contribution < -0.4 is 9.47 Å². The summed E-state index contributed by atoms with van der Waals surface area (Å²) in [5, 5.41) is 0. The zero-order valence-electron chi connectivity index (χ0n) is 13.4. The summed E-state index contributed by atoms with van der Waals surface area (Å²) >= 11 is 0. The van der Waals surface area contributed by atoms with Crippen LogP contribution in [0.5, 0.6) is 11.5 Å². The Morgan fingerprint density at radius 1 is 1.05 bits per heavy atom. The molecule has 0 saturated carbocycles. The molecule has 1 aromatic rings. The Labute approximate surface area is 132 Å². The van der Waals surface area contributed by atoms with Gasteiger partial charge >= 0.3 is 0 Å². The van der Waals surface area contributed by atoms with Gasteiger partial charge in [-0.15, -0.1) is 0 Å². The molecule has 0 aromatic heterocycles. The molecule has 7 heteroatoms. The molecular weight excluding hydrogens is 304 g/mol. The lowest BCUT2D eigenvalue weighted by Crippen LogP contribution is -2.49. The van der Waals surface area contributed by atoms with Gasteiger partial charge < -0.3 is 9.47 Å². The van der Waals surface area contributed by atoms with E-state index in [1.165, 1.54) is 8.61 Å². The van der Waals surface area contributed by atoms with E-state index < -0.39 is 10.2 Å². The molecule has 124 valence electrons. The van der Waals surface area contributed by atoms with Crippen molar-refractivity contribution in [1.29, 1.82) is 0 Å². The number of rotatable bonds is 7. The molecule has 1 aliphatic rings. The summed E-state index contributed by atoms with van der Waals surface area (Å²) in [6.45, 7) is 7.46. The second-order valence-electron chi connectivity index (χ2n) is 5.04. The van der Waals surface area contributed by atoms with Gasteiger partial charge in [-0.25, -0.2) is 0 Å². The summed E-state index contributed by atoms with van der Waals surface area (Å²) < 4.78 is 39.6. The van der Waals surface area contributed by atoms with E-state index in [0.29, 0.717) is 37.7 Å². The molecule has 0 amide bonds. The van der Waals surface area contributed by atoms with Crippen molar-refractivity contribution in [3.05, 3.63) is 24.3 Å². The Bertz CT molecular complexity index is 587. The van der Waals surface area contributed by atoms with Gasteiger partial charge in [0.25, 0.3) is 10.2 Å². The zero-order chi connectivity index (χ0) is 16.2. The normalized spacial score (nSPS) is 18.0. The smallest absolute Gasteiger partial charge is 0.282 e. The second kappa shape index (κ2) is 7.30. The van der Waals surface area contributed by atoms with Crippen LogP contribution in [0.1, 0.15) is 20.8 Å². The molecule has 0 fully saturated rings. The van der Waals surface area contributed by atoms with Crippen molar-refractivity contribution in [2.24, 2.45) is 0 Å². The molecule has 0 N–H and O–H groups in total. The maximum atomic E-state index is 12.6. The third-order valence-electron chi connectivity index (χ3n) is 3.69. The number of hydrogen-bond donors (Lipinski definition) is 0. The molecule has 0 bridgehead atoms. The summed E-state index contributed by atoms with van der Waals surface area (Å²) in [5.41, 5.74) is 0. The molecule has 0 saturated heterocycles. The van der Waals surface area contributed by atoms with Gasteiger partial charge in [0.15, 0.2) is 11.5 Å². The van der Waals surface area contributed by atoms with Crippen molar-refractivity contribution in [1.82, 2.24) is 8.61 Å². The maximum Gasteiger partial charge on any atom is 0.282 e. The monoisotopic (exact) mass is 328 g/mol. The van der Waals surface area contributed by atoms with E-state index in [0.717, 1.165) is 0 Å². The number of benzene rings is 1. The Hall–Kier alpha value is -1.31. The van der Waals surface area contributed by atoms with Crippen LogP contribution in [0.3, 0.4) is 0 Å². The van der Waals surface area contributed by atoms with Crippen LogP contribution in [0.2, 0.25) is 0 Å². The van der Waals surface area contributed by atoms with Crippen LogP contribution in [0.15, 0.2) is 24.3 Å². The maximum absolute atomic E-state index is 12.6. The molecular formula is C15H24N2O4S. The third kappa shape index (κ3) is 3.53. The summed E-state index contributed by atoms with van der Waals surface area (Å²) in [5.74, 6) is 1.36. The van der Waals surface area contributed by atoms with Crippen molar-refractivity contribution in [2.45, 2.75) is 26.9 Å². The summed E-state index contributed by atoms with van der Waals surface area (Å²) in [4.78, 5) is 0. The fraction of sp³-hybridized carbons (Fsp3) is 0.600. The van der Waals surface area contributed by atoms with Crippen LogP contribution >= 0.6 is 0 Å². The summed E-state index contributed by atoms with van der Waals surface area (Å²) in [6, 6.07) is 7.42. The SMILES string of the molecule is CCN(CC)S(=O)(=O)N(CC)C[C@H]1COc2ccccc2O1. The van der Waals surface area contributed by atoms with Crippen molar-refractivity contribution >= 4 is 10.2 Å². The molecule has 0 aliphatic carbocycles. The average molecular weight is 328 g/mol. The van der Waals surface area contributed by atoms with Crippen LogP contribution in [-0.4, -0.2) is 55.9 Å². The highest BCUT2D eigenvalue weighted by Gasteiger charge is 2.31. The Morgan fingerprint density at radius 3 is 2.23 bits per heavy atom. The lowest BCUT2D eigenvalue weighted by atomic mass is 10.2. The third-order valence-corrected chi connectivity index (χ3v) is 5.91. The largest absolute Gasteiger partial charge is 0.486 e. The van der Waals surface area contributed by atoms with E-state index in [-0.39, 0.29) is 12.6 Å². The quantitative estimate of drug-likeness (QED) is 0.765. The number of para-hydroxylation sites is 2. The van der Waals surface area contributed by atoms with E-state index in [2.05, 4.69) is 0 Å². The number of ether oxygens (including phenoxy) is 2. The molecule has 6 nitrogen and oxygen atoms in total. The van der Waals surface area contributed by atoms with Gasteiger partial charge in [0, 0.05) is 19.6 Å². The van der Waals surface area contributed by atoms with E-state index in [9.17, 15) is 8.42 Å². The van der Waals surface area contributed by atoms with Crippen LogP contribution in [0, 0.1) is 0 Å². The fourth-order valence-electron chi connectivity index (χ4n) is 2.48. The Kier molecular flexibility index (Phi) is 5.66. The van der Waals surface area contributed by atoms with Crippen molar-refractivity contribution in [3.8, 4) is 11.5 Å². The van der Waals surface area contributed by atoms with Gasteiger partial charge in [0.05, 0.1) is 6.54 Å². The van der Waals surface area contributed by atoms with Gasteiger partial charge in [-0.3, -0.25) is 0 Å². The number of hydrogen-bond acceptors (Lipinski definition) is 4. The summed E-state index contributed by atoms with van der Waals surface area (Å²) in [6.07, 6.45) is -0.305.